The normalized spacial score (nSPS) is 51.8. The summed E-state index contributed by atoms with van der Waals surface area (Å²) >= 11 is 0. The van der Waals surface area contributed by atoms with Gasteiger partial charge in [-0.15, -0.1) is 0 Å². The van der Waals surface area contributed by atoms with E-state index in [2.05, 4.69) is 19.9 Å². The third kappa shape index (κ3) is 6.74. The van der Waals surface area contributed by atoms with E-state index in [1.54, 1.807) is 0 Å². The summed E-state index contributed by atoms with van der Waals surface area (Å²) in [5.74, 6) is -0.947. The van der Waals surface area contributed by atoms with Crippen LogP contribution in [0.2, 0.25) is 0 Å². The van der Waals surface area contributed by atoms with Crippen molar-refractivity contribution in [3.8, 4) is 0 Å². The maximum absolute atomic E-state index is 12.8. The maximum Gasteiger partial charge on any atom is 0.186 e. The fourth-order valence-electron chi connectivity index (χ4n) is 11.6. The minimum absolute atomic E-state index is 0.0412. The minimum atomic E-state index is -1.49. The number of allylic oxidation sites excluding steroid dienone is 1. The highest BCUT2D eigenvalue weighted by atomic mass is 16.7. The molecule has 0 aromatic heterocycles. The summed E-state index contributed by atoms with van der Waals surface area (Å²) in [5.41, 5.74) is -1.99. The van der Waals surface area contributed by atoms with Gasteiger partial charge < -0.3 is 69.6 Å². The van der Waals surface area contributed by atoms with Crippen LogP contribution in [0.15, 0.2) is 11.6 Å². The van der Waals surface area contributed by atoms with Crippen LogP contribution in [0.25, 0.3) is 0 Å². The van der Waals surface area contributed by atoms with Crippen LogP contribution in [0.5, 0.6) is 0 Å². The molecule has 6 aliphatic rings. The van der Waals surface area contributed by atoms with E-state index in [1.165, 1.54) is 7.11 Å². The molecule has 0 radical (unpaired) electrons. The van der Waals surface area contributed by atoms with E-state index in [4.69, 9.17) is 23.7 Å². The molecule has 2 saturated heterocycles. The predicted molar refractivity (Wildman–Crippen MR) is 184 cm³/mol. The Kier molecular flexibility index (Phi) is 12.0. The molecular formula is C38H64O14. The lowest BCUT2D eigenvalue weighted by atomic mass is 9.45. The highest BCUT2D eigenvalue weighted by molar-refractivity contribution is 5.38. The second-order valence-electron chi connectivity index (χ2n) is 17.7. The Morgan fingerprint density at radius 3 is 2.25 bits per heavy atom. The smallest absolute Gasteiger partial charge is 0.186 e. The van der Waals surface area contributed by atoms with E-state index < -0.39 is 108 Å². The first-order valence-electron chi connectivity index (χ1n) is 19.3. The molecule has 0 amide bonds. The van der Waals surface area contributed by atoms with Gasteiger partial charge in [0.05, 0.1) is 49.3 Å². The zero-order chi connectivity index (χ0) is 38.1. The Hall–Kier alpha value is -0.820. The molecule has 0 aromatic rings. The number of hydrogen-bond acceptors (Lipinski definition) is 14. The molecule has 0 aromatic carbocycles. The van der Waals surface area contributed by atoms with Crippen molar-refractivity contribution >= 4 is 0 Å². The predicted octanol–water partition coefficient (Wildman–Crippen LogP) is -0.0325. The number of aliphatic hydroxyl groups excluding tert-OH is 8. The summed E-state index contributed by atoms with van der Waals surface area (Å²) in [6, 6.07) is 0. The van der Waals surface area contributed by atoms with Gasteiger partial charge in [-0.05, 0) is 72.7 Å². The van der Waals surface area contributed by atoms with Crippen LogP contribution in [0.3, 0.4) is 0 Å². The zero-order valence-corrected chi connectivity index (χ0v) is 31.4. The topological polar surface area (TPSA) is 228 Å². The molecule has 20 atom stereocenters. The largest absolute Gasteiger partial charge is 0.394 e. The summed E-state index contributed by atoms with van der Waals surface area (Å²) in [4.78, 5) is 0. The molecule has 20 unspecified atom stereocenters. The zero-order valence-electron chi connectivity index (χ0n) is 31.4. The number of hydrogen-bond donors (Lipinski definition) is 9. The quantitative estimate of drug-likeness (QED) is 0.100. The molecule has 3 saturated carbocycles. The van der Waals surface area contributed by atoms with Crippen molar-refractivity contribution in [1.82, 2.24) is 0 Å². The molecule has 0 spiro atoms. The highest BCUT2D eigenvalue weighted by Gasteiger charge is 2.69. The molecule has 14 nitrogen and oxygen atoms in total. The van der Waals surface area contributed by atoms with Crippen molar-refractivity contribution in [2.24, 2.45) is 40.4 Å². The van der Waals surface area contributed by atoms with E-state index in [0.717, 1.165) is 12.0 Å². The molecule has 14 heteroatoms. The SMILES string of the molecule is COC1C(OC2CCC3(C)C4=CCC5(C)C(C(C)CCC(OC6OC(CO)C(O)C6O)C(C)C)CC(O)C5C4(O)CC(O)C3C2O)OCC(O)C1O. The Morgan fingerprint density at radius 2 is 1.62 bits per heavy atom. The molecule has 300 valence electrons. The average Bonchev–Trinajstić information content (AvgIpc) is 3.52. The number of rotatable bonds is 11. The van der Waals surface area contributed by atoms with Crippen molar-refractivity contribution in [2.45, 2.75) is 165 Å². The van der Waals surface area contributed by atoms with Crippen molar-refractivity contribution < 1.29 is 69.6 Å². The monoisotopic (exact) mass is 744 g/mol. The van der Waals surface area contributed by atoms with Gasteiger partial charge in [-0.25, -0.2) is 0 Å². The van der Waals surface area contributed by atoms with Crippen LogP contribution in [0, 0.1) is 40.4 Å². The van der Waals surface area contributed by atoms with Crippen molar-refractivity contribution in [1.29, 1.82) is 0 Å². The summed E-state index contributed by atoms with van der Waals surface area (Å²) < 4.78 is 28.9. The molecule has 2 aliphatic heterocycles. The lowest BCUT2D eigenvalue weighted by molar-refractivity contribution is -0.307. The molecular weight excluding hydrogens is 680 g/mol. The van der Waals surface area contributed by atoms with Crippen LogP contribution in [0.1, 0.15) is 79.6 Å². The fourth-order valence-corrected chi connectivity index (χ4v) is 11.6. The average molecular weight is 745 g/mol. The number of ether oxygens (including phenoxy) is 5. The third-order valence-corrected chi connectivity index (χ3v) is 14.3. The lowest BCUT2D eigenvalue weighted by Gasteiger charge is -2.63. The Balaban J connectivity index is 1.16. The molecule has 9 N–H and O–H groups in total. The van der Waals surface area contributed by atoms with Crippen LogP contribution in [-0.4, -0.2) is 152 Å². The summed E-state index contributed by atoms with van der Waals surface area (Å²) in [7, 11) is 1.38. The number of fused-ring (bicyclic) bond motifs is 5. The van der Waals surface area contributed by atoms with Gasteiger partial charge in [-0.1, -0.05) is 40.7 Å². The van der Waals surface area contributed by atoms with Gasteiger partial charge in [0.15, 0.2) is 12.6 Å². The third-order valence-electron chi connectivity index (χ3n) is 14.3. The lowest BCUT2D eigenvalue weighted by Crippen LogP contribution is -2.67. The van der Waals surface area contributed by atoms with Gasteiger partial charge in [0, 0.05) is 25.4 Å². The van der Waals surface area contributed by atoms with E-state index in [0.29, 0.717) is 32.1 Å². The summed E-state index contributed by atoms with van der Waals surface area (Å²) in [6.45, 7) is 9.74. The summed E-state index contributed by atoms with van der Waals surface area (Å²) in [5, 5.41) is 98.7. The van der Waals surface area contributed by atoms with Crippen LogP contribution < -0.4 is 0 Å². The van der Waals surface area contributed by atoms with E-state index in [1.807, 2.05) is 20.8 Å². The van der Waals surface area contributed by atoms with Crippen molar-refractivity contribution in [3.05, 3.63) is 11.6 Å². The molecule has 5 fully saturated rings. The van der Waals surface area contributed by atoms with Crippen molar-refractivity contribution in [2.75, 3.05) is 20.3 Å². The van der Waals surface area contributed by atoms with Crippen LogP contribution >= 0.6 is 0 Å². The number of methoxy groups -OCH3 is 1. The highest BCUT2D eigenvalue weighted by Crippen LogP contribution is 2.68. The van der Waals surface area contributed by atoms with Gasteiger partial charge in [-0.3, -0.25) is 0 Å². The first kappa shape index (κ1) is 40.8. The Labute approximate surface area is 306 Å². The molecule has 6 rings (SSSR count). The van der Waals surface area contributed by atoms with E-state index in [-0.39, 0.29) is 36.9 Å². The Bertz CT molecular complexity index is 1270. The minimum Gasteiger partial charge on any atom is -0.394 e. The van der Waals surface area contributed by atoms with Gasteiger partial charge in [0.2, 0.25) is 0 Å². The van der Waals surface area contributed by atoms with E-state index >= 15 is 0 Å². The van der Waals surface area contributed by atoms with Gasteiger partial charge >= 0.3 is 0 Å². The second kappa shape index (κ2) is 15.3. The maximum atomic E-state index is 12.8. The molecule has 4 aliphatic carbocycles. The molecule has 2 heterocycles. The first-order chi connectivity index (χ1) is 24.4. The van der Waals surface area contributed by atoms with Crippen molar-refractivity contribution in [3.63, 3.8) is 0 Å². The van der Waals surface area contributed by atoms with Crippen LogP contribution in [0.4, 0.5) is 0 Å². The summed E-state index contributed by atoms with van der Waals surface area (Å²) in [6.07, 6.45) is -7.44. The first-order valence-corrected chi connectivity index (χ1v) is 19.3. The van der Waals surface area contributed by atoms with Gasteiger partial charge in [0.25, 0.3) is 0 Å². The van der Waals surface area contributed by atoms with Gasteiger partial charge in [0.1, 0.15) is 36.6 Å². The standard InChI is InChI=1S/C38H64O14/c1-17(2)23(50-34-31(46)30(45)25(15-39)52-34)8-7-18(3)19-13-20(40)33-36(19,4)12-10-26-37(5)11-9-24(29(44)27(37)21(41)14-38(26,33)47)51-35-32(48-6)28(43)22(42)16-49-35/h10,17-25,27-35,39-47H,7-9,11-16H2,1-6H3. The fraction of sp³-hybridized carbons (Fsp3) is 0.947. The Morgan fingerprint density at radius 1 is 0.904 bits per heavy atom. The number of aliphatic hydroxyl groups is 9. The van der Waals surface area contributed by atoms with E-state index in [9.17, 15) is 46.0 Å². The molecule has 52 heavy (non-hydrogen) atoms. The second-order valence-corrected chi connectivity index (χ2v) is 17.7. The van der Waals surface area contributed by atoms with Crippen LogP contribution in [-0.2, 0) is 23.7 Å². The van der Waals surface area contributed by atoms with Gasteiger partial charge in [-0.2, -0.15) is 0 Å². The molecule has 0 bridgehead atoms.